The first kappa shape index (κ1) is 12.2. The Morgan fingerprint density at radius 3 is 2.18 bits per heavy atom. The molecule has 0 aromatic heterocycles. The van der Waals surface area contributed by atoms with Crippen LogP contribution in [0.1, 0.15) is 18.1 Å². The molecule has 0 aliphatic carbocycles. The minimum absolute atomic E-state index is 0.578. The highest BCUT2D eigenvalue weighted by Crippen LogP contribution is 2.25. The zero-order valence-electron chi connectivity index (χ0n) is 9.73. The fraction of sp³-hybridized carbons (Fsp3) is 0.200. The third kappa shape index (κ3) is 3.09. The van der Waals surface area contributed by atoms with Gasteiger partial charge in [-0.25, -0.2) is 0 Å². The molecule has 0 aliphatic heterocycles. The monoisotopic (exact) mass is 246 g/mol. The van der Waals surface area contributed by atoms with Crippen LogP contribution in [0.4, 0.5) is 0 Å². The minimum Gasteiger partial charge on any atom is -0.385 e. The van der Waals surface area contributed by atoms with Gasteiger partial charge in [0.15, 0.2) is 0 Å². The summed E-state index contributed by atoms with van der Waals surface area (Å²) in [5, 5.41) is 11.2. The molecule has 0 aliphatic rings. The van der Waals surface area contributed by atoms with E-state index < -0.39 is 5.60 Å². The first-order valence-electron chi connectivity index (χ1n) is 5.60. The molecule has 17 heavy (non-hydrogen) atoms. The molecule has 0 bridgehead atoms. The molecule has 88 valence electrons. The fourth-order valence-corrected chi connectivity index (χ4v) is 2.02. The van der Waals surface area contributed by atoms with Crippen LogP contribution < -0.4 is 0 Å². The van der Waals surface area contributed by atoms with Gasteiger partial charge in [0.2, 0.25) is 0 Å². The molecule has 2 heteroatoms. The summed E-state index contributed by atoms with van der Waals surface area (Å²) in [6, 6.07) is 17.3. The van der Waals surface area contributed by atoms with Crippen LogP contribution in [-0.4, -0.2) is 5.11 Å². The van der Waals surface area contributed by atoms with Crippen LogP contribution in [0.2, 0.25) is 5.02 Å². The highest BCUT2D eigenvalue weighted by atomic mass is 35.5. The summed E-state index contributed by atoms with van der Waals surface area (Å²) in [5.74, 6) is 0. The molecule has 0 fully saturated rings. The molecular weight excluding hydrogens is 232 g/mol. The van der Waals surface area contributed by atoms with Crippen molar-refractivity contribution in [2.24, 2.45) is 0 Å². The molecular formula is C15H15ClO. The van der Waals surface area contributed by atoms with Gasteiger partial charge in [-0.1, -0.05) is 54.1 Å². The number of halogens is 1. The first-order chi connectivity index (χ1) is 8.08. The van der Waals surface area contributed by atoms with Gasteiger partial charge in [-0.2, -0.15) is 0 Å². The molecule has 0 radical (unpaired) electrons. The quantitative estimate of drug-likeness (QED) is 0.874. The normalized spacial score (nSPS) is 14.3. The van der Waals surface area contributed by atoms with Crippen LogP contribution in [0.25, 0.3) is 0 Å². The van der Waals surface area contributed by atoms with Crippen molar-refractivity contribution in [3.63, 3.8) is 0 Å². The summed E-state index contributed by atoms with van der Waals surface area (Å²) >= 11 is 5.84. The van der Waals surface area contributed by atoms with Crippen LogP contribution in [0.5, 0.6) is 0 Å². The lowest BCUT2D eigenvalue weighted by atomic mass is 9.89. The summed E-state index contributed by atoms with van der Waals surface area (Å²) in [7, 11) is 0. The maximum atomic E-state index is 10.5. The van der Waals surface area contributed by atoms with Crippen molar-refractivity contribution < 1.29 is 5.11 Å². The molecule has 0 spiro atoms. The summed E-state index contributed by atoms with van der Waals surface area (Å²) in [6.07, 6.45) is 0.578. The fourth-order valence-electron chi connectivity index (χ4n) is 1.90. The van der Waals surface area contributed by atoms with Gasteiger partial charge in [0, 0.05) is 11.4 Å². The van der Waals surface area contributed by atoms with Crippen molar-refractivity contribution >= 4 is 11.6 Å². The van der Waals surface area contributed by atoms with Gasteiger partial charge >= 0.3 is 0 Å². The Morgan fingerprint density at radius 2 is 1.59 bits per heavy atom. The van der Waals surface area contributed by atoms with Crippen molar-refractivity contribution in [2.75, 3.05) is 0 Å². The SMILES string of the molecule is C[C@@](O)(Cc1ccc(Cl)cc1)c1ccccc1. The summed E-state index contributed by atoms with van der Waals surface area (Å²) in [5.41, 5.74) is 1.15. The van der Waals surface area contributed by atoms with Gasteiger partial charge in [-0.15, -0.1) is 0 Å². The lowest BCUT2D eigenvalue weighted by Crippen LogP contribution is -2.24. The minimum atomic E-state index is -0.852. The third-order valence-corrected chi connectivity index (χ3v) is 3.11. The van der Waals surface area contributed by atoms with Gasteiger partial charge in [-0.3, -0.25) is 0 Å². The van der Waals surface area contributed by atoms with Gasteiger partial charge in [0.05, 0.1) is 5.60 Å². The lowest BCUT2D eigenvalue weighted by Gasteiger charge is -2.24. The molecule has 0 heterocycles. The van der Waals surface area contributed by atoms with Crippen LogP contribution >= 0.6 is 11.6 Å². The largest absolute Gasteiger partial charge is 0.385 e. The van der Waals surface area contributed by atoms with E-state index in [-0.39, 0.29) is 0 Å². The number of benzene rings is 2. The zero-order chi connectivity index (χ0) is 12.3. The van der Waals surface area contributed by atoms with Crippen LogP contribution in [0, 0.1) is 0 Å². The van der Waals surface area contributed by atoms with Crippen LogP contribution in [0.15, 0.2) is 54.6 Å². The molecule has 1 atom stereocenters. The maximum absolute atomic E-state index is 10.5. The maximum Gasteiger partial charge on any atom is 0.0908 e. The van der Waals surface area contributed by atoms with E-state index in [2.05, 4.69) is 0 Å². The van der Waals surface area contributed by atoms with Crippen LogP contribution in [0.3, 0.4) is 0 Å². The van der Waals surface area contributed by atoms with E-state index in [1.807, 2.05) is 61.5 Å². The second-order valence-electron chi connectivity index (χ2n) is 4.44. The number of aliphatic hydroxyl groups is 1. The van der Waals surface area contributed by atoms with Crippen molar-refractivity contribution in [2.45, 2.75) is 18.9 Å². The van der Waals surface area contributed by atoms with E-state index in [9.17, 15) is 5.11 Å². The molecule has 2 aromatic rings. The Hall–Kier alpha value is -1.31. The zero-order valence-corrected chi connectivity index (χ0v) is 10.5. The molecule has 1 N–H and O–H groups in total. The van der Waals surface area contributed by atoms with Crippen molar-refractivity contribution in [3.05, 3.63) is 70.7 Å². The Kier molecular flexibility index (Phi) is 3.51. The molecule has 2 aromatic carbocycles. The second-order valence-corrected chi connectivity index (χ2v) is 4.88. The number of rotatable bonds is 3. The van der Waals surface area contributed by atoms with Gasteiger partial charge in [-0.05, 0) is 30.2 Å². The molecule has 0 saturated heterocycles. The van der Waals surface area contributed by atoms with E-state index in [1.54, 1.807) is 0 Å². The Morgan fingerprint density at radius 1 is 1.00 bits per heavy atom. The van der Waals surface area contributed by atoms with Crippen molar-refractivity contribution in [1.29, 1.82) is 0 Å². The van der Waals surface area contributed by atoms with E-state index in [4.69, 9.17) is 11.6 Å². The van der Waals surface area contributed by atoms with Crippen molar-refractivity contribution in [1.82, 2.24) is 0 Å². The summed E-state index contributed by atoms with van der Waals surface area (Å²) in [6.45, 7) is 1.83. The first-order valence-corrected chi connectivity index (χ1v) is 5.98. The average molecular weight is 247 g/mol. The molecule has 0 saturated carbocycles. The number of hydrogen-bond acceptors (Lipinski definition) is 1. The topological polar surface area (TPSA) is 20.2 Å². The van der Waals surface area contributed by atoms with E-state index in [0.29, 0.717) is 11.4 Å². The number of hydrogen-bond donors (Lipinski definition) is 1. The van der Waals surface area contributed by atoms with Gasteiger partial charge in [0.1, 0.15) is 0 Å². The van der Waals surface area contributed by atoms with E-state index in [0.717, 1.165) is 11.1 Å². The molecule has 1 nitrogen and oxygen atoms in total. The van der Waals surface area contributed by atoms with Crippen molar-refractivity contribution in [3.8, 4) is 0 Å². The molecule has 2 rings (SSSR count). The predicted octanol–water partition coefficient (Wildman–Crippen LogP) is 3.79. The lowest BCUT2D eigenvalue weighted by molar-refractivity contribution is 0.0576. The molecule has 0 amide bonds. The highest BCUT2D eigenvalue weighted by Gasteiger charge is 2.22. The standard InChI is InChI=1S/C15H15ClO/c1-15(17,13-5-3-2-4-6-13)11-12-7-9-14(16)10-8-12/h2-10,17H,11H2,1H3/t15-/m1/s1. The van der Waals surface area contributed by atoms with E-state index in [1.165, 1.54) is 0 Å². The third-order valence-electron chi connectivity index (χ3n) is 2.86. The summed E-state index contributed by atoms with van der Waals surface area (Å²) < 4.78 is 0. The Balaban J connectivity index is 2.20. The van der Waals surface area contributed by atoms with Crippen LogP contribution in [-0.2, 0) is 12.0 Å². The Bertz CT molecular complexity index is 474. The second kappa shape index (κ2) is 4.91. The Labute approximate surface area is 107 Å². The van der Waals surface area contributed by atoms with Gasteiger partial charge in [0.25, 0.3) is 0 Å². The molecule has 0 unspecified atom stereocenters. The summed E-state index contributed by atoms with van der Waals surface area (Å²) in [4.78, 5) is 0. The smallest absolute Gasteiger partial charge is 0.0908 e. The van der Waals surface area contributed by atoms with Gasteiger partial charge < -0.3 is 5.11 Å². The average Bonchev–Trinajstić information content (AvgIpc) is 2.33. The highest BCUT2D eigenvalue weighted by molar-refractivity contribution is 6.30. The van der Waals surface area contributed by atoms with E-state index >= 15 is 0 Å². The predicted molar refractivity (Wildman–Crippen MR) is 71.2 cm³/mol.